The van der Waals surface area contributed by atoms with Crippen LogP contribution in [-0.2, 0) is 0 Å². The van der Waals surface area contributed by atoms with Gasteiger partial charge >= 0.3 is 5.97 Å². The zero-order valence-electron chi connectivity index (χ0n) is 7.41. The van der Waals surface area contributed by atoms with Gasteiger partial charge in [-0.05, 0) is 18.2 Å². The molecule has 6 heteroatoms. The maximum atomic E-state index is 12.6. The lowest BCUT2D eigenvalue weighted by atomic mass is 10.2. The van der Waals surface area contributed by atoms with E-state index in [4.69, 9.17) is 5.11 Å². The van der Waals surface area contributed by atoms with E-state index in [2.05, 4.69) is 4.74 Å². The van der Waals surface area contributed by atoms with Crippen molar-refractivity contribution >= 4 is 5.97 Å². The molecule has 0 saturated heterocycles. The van der Waals surface area contributed by atoms with Gasteiger partial charge in [-0.2, -0.15) is 0 Å². The average Bonchev–Trinajstić information content (AvgIpc) is 2.15. The molecule has 0 radical (unpaired) electrons. The van der Waals surface area contributed by atoms with E-state index in [0.29, 0.717) is 6.07 Å². The maximum absolute atomic E-state index is 12.6. The number of ether oxygens (including phenoxy) is 1. The topological polar surface area (TPSA) is 46.5 Å². The van der Waals surface area contributed by atoms with Crippen molar-refractivity contribution in [1.29, 1.82) is 0 Å². The van der Waals surface area contributed by atoms with Gasteiger partial charge in [0, 0.05) is 0 Å². The van der Waals surface area contributed by atoms with Crippen molar-refractivity contribution in [2.45, 2.75) is 6.43 Å². The molecule has 0 aromatic heterocycles. The van der Waals surface area contributed by atoms with Gasteiger partial charge in [0.15, 0.2) is 0 Å². The van der Waals surface area contributed by atoms with Crippen LogP contribution in [-0.4, -0.2) is 24.1 Å². The fourth-order valence-electron chi connectivity index (χ4n) is 0.948. The predicted molar refractivity (Wildman–Crippen MR) is 44.9 cm³/mol. The summed E-state index contributed by atoms with van der Waals surface area (Å²) in [4.78, 5) is 10.6. The van der Waals surface area contributed by atoms with Crippen LogP contribution in [0.2, 0.25) is 0 Å². The van der Waals surface area contributed by atoms with Gasteiger partial charge < -0.3 is 9.84 Å². The Labute approximate surface area is 83.1 Å². The summed E-state index contributed by atoms with van der Waals surface area (Å²) in [5.41, 5.74) is -0.476. The molecule has 1 aromatic carbocycles. The summed E-state index contributed by atoms with van der Waals surface area (Å²) in [5.74, 6) is -2.47. The molecule has 0 aliphatic carbocycles. The minimum absolute atomic E-state index is 0.274. The molecule has 0 heterocycles. The number of aromatic carboxylic acids is 1. The van der Waals surface area contributed by atoms with Gasteiger partial charge in [0.2, 0.25) is 0 Å². The van der Waals surface area contributed by atoms with Crippen molar-refractivity contribution in [3.05, 3.63) is 29.6 Å². The number of hydrogen-bond donors (Lipinski definition) is 1. The van der Waals surface area contributed by atoms with Crippen LogP contribution >= 0.6 is 0 Å². The Morgan fingerprint density at radius 3 is 2.67 bits per heavy atom. The molecule has 82 valence electrons. The molecule has 1 aromatic rings. The number of rotatable bonds is 4. The van der Waals surface area contributed by atoms with Gasteiger partial charge in [-0.25, -0.2) is 18.0 Å². The second-order valence-electron chi connectivity index (χ2n) is 2.65. The summed E-state index contributed by atoms with van der Waals surface area (Å²) in [6, 6.07) is 2.65. The van der Waals surface area contributed by atoms with Gasteiger partial charge in [0.25, 0.3) is 6.43 Å². The normalized spacial score (nSPS) is 10.4. The third-order valence-corrected chi connectivity index (χ3v) is 1.54. The van der Waals surface area contributed by atoms with Crippen molar-refractivity contribution < 1.29 is 27.8 Å². The summed E-state index contributed by atoms with van der Waals surface area (Å²) in [6.07, 6.45) is -2.71. The van der Waals surface area contributed by atoms with Crippen LogP contribution in [0, 0.1) is 5.82 Å². The Kier molecular flexibility index (Phi) is 3.54. The van der Waals surface area contributed by atoms with Gasteiger partial charge in [0.1, 0.15) is 23.7 Å². The summed E-state index contributed by atoms with van der Waals surface area (Å²) < 4.78 is 40.7. The summed E-state index contributed by atoms with van der Waals surface area (Å²) >= 11 is 0. The molecule has 0 amide bonds. The lowest BCUT2D eigenvalue weighted by Crippen LogP contribution is -2.10. The number of benzene rings is 1. The van der Waals surface area contributed by atoms with Gasteiger partial charge in [-0.1, -0.05) is 0 Å². The van der Waals surface area contributed by atoms with E-state index in [1.807, 2.05) is 0 Å². The molecule has 0 aliphatic rings. The maximum Gasteiger partial charge on any atom is 0.339 e. The lowest BCUT2D eigenvalue weighted by molar-refractivity contribution is 0.0663. The van der Waals surface area contributed by atoms with Crippen LogP contribution in [0.3, 0.4) is 0 Å². The highest BCUT2D eigenvalue weighted by molar-refractivity contribution is 5.90. The Hall–Kier alpha value is -1.72. The van der Waals surface area contributed by atoms with E-state index in [0.717, 1.165) is 12.1 Å². The van der Waals surface area contributed by atoms with Crippen LogP contribution in [0.5, 0.6) is 5.75 Å². The monoisotopic (exact) mass is 220 g/mol. The molecule has 0 atom stereocenters. The third-order valence-electron chi connectivity index (χ3n) is 1.54. The molecule has 0 bridgehead atoms. The van der Waals surface area contributed by atoms with Crippen LogP contribution in [0.4, 0.5) is 13.2 Å². The smallest absolute Gasteiger partial charge is 0.339 e. The molecule has 0 spiro atoms. The van der Waals surface area contributed by atoms with E-state index < -0.39 is 30.4 Å². The van der Waals surface area contributed by atoms with E-state index in [1.165, 1.54) is 0 Å². The predicted octanol–water partition coefficient (Wildman–Crippen LogP) is 2.17. The van der Waals surface area contributed by atoms with Crippen LogP contribution < -0.4 is 4.74 Å². The van der Waals surface area contributed by atoms with Crippen LogP contribution in [0.25, 0.3) is 0 Å². The molecule has 1 rings (SSSR count). The van der Waals surface area contributed by atoms with Crippen molar-refractivity contribution in [1.82, 2.24) is 0 Å². The highest BCUT2D eigenvalue weighted by Crippen LogP contribution is 2.20. The third kappa shape index (κ3) is 3.16. The first-order chi connectivity index (χ1) is 7.00. The molecule has 15 heavy (non-hydrogen) atoms. The molecule has 0 fully saturated rings. The Balaban J connectivity index is 2.91. The fourth-order valence-corrected chi connectivity index (χ4v) is 0.948. The Morgan fingerprint density at radius 1 is 1.47 bits per heavy atom. The fraction of sp³-hybridized carbons (Fsp3) is 0.222. The zero-order valence-corrected chi connectivity index (χ0v) is 7.41. The molecule has 1 N–H and O–H groups in total. The zero-order chi connectivity index (χ0) is 11.4. The number of halogens is 3. The van der Waals surface area contributed by atoms with Gasteiger partial charge in [-0.3, -0.25) is 0 Å². The second kappa shape index (κ2) is 4.68. The molecule has 3 nitrogen and oxygen atoms in total. The number of carbonyl (C=O) groups is 1. The van der Waals surface area contributed by atoms with Crippen molar-refractivity contribution in [2.24, 2.45) is 0 Å². The van der Waals surface area contributed by atoms with E-state index in [1.54, 1.807) is 0 Å². The quantitative estimate of drug-likeness (QED) is 0.845. The van der Waals surface area contributed by atoms with Crippen molar-refractivity contribution in [3.8, 4) is 5.75 Å². The SMILES string of the molecule is O=C(O)c1cc(F)ccc1OCC(F)F. The highest BCUT2D eigenvalue weighted by atomic mass is 19.3. The molecule has 0 aliphatic heterocycles. The summed E-state index contributed by atoms with van der Waals surface area (Å²) in [7, 11) is 0. The summed E-state index contributed by atoms with van der Waals surface area (Å²) in [5, 5.41) is 8.62. The molecule has 0 saturated carbocycles. The summed E-state index contributed by atoms with van der Waals surface area (Å²) in [6.45, 7) is -0.925. The average molecular weight is 220 g/mol. The van der Waals surface area contributed by atoms with Crippen molar-refractivity contribution in [3.63, 3.8) is 0 Å². The minimum atomic E-state index is -2.71. The van der Waals surface area contributed by atoms with Crippen LogP contribution in [0.15, 0.2) is 18.2 Å². The Bertz CT molecular complexity index is 366. The Morgan fingerprint density at radius 2 is 2.13 bits per heavy atom. The lowest BCUT2D eigenvalue weighted by Gasteiger charge is -2.08. The van der Waals surface area contributed by atoms with Crippen molar-refractivity contribution in [2.75, 3.05) is 6.61 Å². The molecular weight excluding hydrogens is 213 g/mol. The van der Waals surface area contributed by atoms with E-state index in [9.17, 15) is 18.0 Å². The number of carboxylic acids is 1. The van der Waals surface area contributed by atoms with E-state index >= 15 is 0 Å². The second-order valence-corrected chi connectivity index (χ2v) is 2.65. The molecular formula is C9H7F3O3. The molecule has 0 unspecified atom stereocenters. The first-order valence-electron chi connectivity index (χ1n) is 3.94. The van der Waals surface area contributed by atoms with E-state index in [-0.39, 0.29) is 5.75 Å². The first-order valence-corrected chi connectivity index (χ1v) is 3.94. The minimum Gasteiger partial charge on any atom is -0.487 e. The number of carboxylic acid groups (broad SMARTS) is 1. The van der Waals surface area contributed by atoms with Gasteiger partial charge in [0.05, 0.1) is 0 Å². The van der Waals surface area contributed by atoms with Gasteiger partial charge in [-0.15, -0.1) is 0 Å². The number of alkyl halides is 2. The van der Waals surface area contributed by atoms with Crippen LogP contribution in [0.1, 0.15) is 10.4 Å². The highest BCUT2D eigenvalue weighted by Gasteiger charge is 2.14. The first kappa shape index (κ1) is 11.4. The largest absolute Gasteiger partial charge is 0.487 e. The standard InChI is InChI=1S/C9H7F3O3/c10-5-1-2-7(15-4-8(11)12)6(3-5)9(13)14/h1-3,8H,4H2,(H,13,14). The number of hydrogen-bond acceptors (Lipinski definition) is 2.